The summed E-state index contributed by atoms with van der Waals surface area (Å²) in [6.45, 7) is 0.585. The number of morpholine rings is 1. The molecule has 0 spiro atoms. The van der Waals surface area contributed by atoms with Crippen molar-refractivity contribution in [1.29, 1.82) is 0 Å². The van der Waals surface area contributed by atoms with Gasteiger partial charge in [-0.05, 0) is 18.2 Å². The maximum absolute atomic E-state index is 15.1. The number of halogens is 3. The third-order valence-electron chi connectivity index (χ3n) is 4.61. The van der Waals surface area contributed by atoms with Crippen LogP contribution >= 0.6 is 11.6 Å². The van der Waals surface area contributed by atoms with Crippen molar-refractivity contribution in [2.45, 2.75) is 0 Å². The highest BCUT2D eigenvalue weighted by atomic mass is 35.5. The summed E-state index contributed by atoms with van der Waals surface area (Å²) in [5.41, 5.74) is -1.17. The molecule has 0 amide bonds. The van der Waals surface area contributed by atoms with Gasteiger partial charge >= 0.3 is 10.2 Å². The first kappa shape index (κ1) is 20.7. The molecular formula is C18H15ClF2N4O4S. The number of aromatic amines is 1. The number of carbonyl (C=O) groups is 1. The molecule has 0 unspecified atom stereocenters. The Bertz CT molecular complexity index is 1240. The normalized spacial score (nSPS) is 15.4. The molecule has 0 radical (unpaired) electrons. The van der Waals surface area contributed by atoms with E-state index in [2.05, 4.69) is 14.7 Å². The van der Waals surface area contributed by atoms with Crippen LogP contribution in [0.15, 0.2) is 30.6 Å². The molecule has 0 atom stereocenters. The van der Waals surface area contributed by atoms with E-state index in [1.54, 1.807) is 0 Å². The Hall–Kier alpha value is -2.60. The number of benzene rings is 1. The average molecular weight is 457 g/mol. The highest BCUT2D eigenvalue weighted by Crippen LogP contribution is 2.28. The van der Waals surface area contributed by atoms with Gasteiger partial charge in [-0.25, -0.2) is 13.8 Å². The SMILES string of the molecule is O=C(c1c(F)ccc(NS(=O)(=O)N2CCOCC2)c1F)c1c[nH]c2ncc(Cl)cc12. The van der Waals surface area contributed by atoms with E-state index < -0.39 is 38.9 Å². The summed E-state index contributed by atoms with van der Waals surface area (Å²) in [6, 6.07) is 3.19. The zero-order chi connectivity index (χ0) is 21.5. The van der Waals surface area contributed by atoms with Gasteiger partial charge in [0.05, 0.1) is 29.5 Å². The fourth-order valence-electron chi connectivity index (χ4n) is 3.13. The summed E-state index contributed by atoms with van der Waals surface area (Å²) >= 11 is 5.91. The number of aromatic nitrogens is 2. The lowest BCUT2D eigenvalue weighted by atomic mass is 10.0. The highest BCUT2D eigenvalue weighted by Gasteiger charge is 2.29. The summed E-state index contributed by atoms with van der Waals surface area (Å²) in [5.74, 6) is -3.43. The van der Waals surface area contributed by atoms with Crippen LogP contribution in [-0.2, 0) is 14.9 Å². The molecule has 1 aliphatic heterocycles. The second-order valence-electron chi connectivity index (χ2n) is 6.48. The van der Waals surface area contributed by atoms with Gasteiger partial charge in [0.1, 0.15) is 11.5 Å². The Morgan fingerprint density at radius 3 is 2.73 bits per heavy atom. The van der Waals surface area contributed by atoms with Gasteiger partial charge in [-0.1, -0.05) is 11.6 Å². The van der Waals surface area contributed by atoms with Crippen LogP contribution in [0, 0.1) is 11.6 Å². The Morgan fingerprint density at radius 2 is 2.00 bits per heavy atom. The first-order valence-corrected chi connectivity index (χ1v) is 10.6. The molecule has 0 saturated carbocycles. The number of anilines is 1. The predicted molar refractivity (Wildman–Crippen MR) is 106 cm³/mol. The Labute approximate surface area is 175 Å². The van der Waals surface area contributed by atoms with Gasteiger partial charge in [-0.2, -0.15) is 12.7 Å². The summed E-state index contributed by atoms with van der Waals surface area (Å²) in [5, 5.41) is 0.523. The number of nitrogens with zero attached hydrogens (tertiary/aromatic N) is 2. The van der Waals surface area contributed by atoms with E-state index in [9.17, 15) is 17.6 Å². The number of hydrogen-bond acceptors (Lipinski definition) is 5. The van der Waals surface area contributed by atoms with Crippen LogP contribution in [0.4, 0.5) is 14.5 Å². The average Bonchev–Trinajstić information content (AvgIpc) is 3.14. The number of pyridine rings is 1. The Morgan fingerprint density at radius 1 is 1.27 bits per heavy atom. The van der Waals surface area contributed by atoms with Crippen molar-refractivity contribution in [2.75, 3.05) is 31.0 Å². The molecular weight excluding hydrogens is 442 g/mol. The topological polar surface area (TPSA) is 104 Å². The van der Waals surface area contributed by atoms with Crippen LogP contribution in [-0.4, -0.2) is 54.8 Å². The van der Waals surface area contributed by atoms with Crippen LogP contribution in [0.1, 0.15) is 15.9 Å². The van der Waals surface area contributed by atoms with Crippen LogP contribution in [0.3, 0.4) is 0 Å². The van der Waals surface area contributed by atoms with Gasteiger partial charge in [0.25, 0.3) is 0 Å². The van der Waals surface area contributed by atoms with Crippen molar-refractivity contribution in [3.8, 4) is 0 Å². The van der Waals surface area contributed by atoms with Crippen molar-refractivity contribution in [1.82, 2.24) is 14.3 Å². The van der Waals surface area contributed by atoms with Gasteiger partial charge in [0, 0.05) is 36.4 Å². The molecule has 30 heavy (non-hydrogen) atoms. The summed E-state index contributed by atoms with van der Waals surface area (Å²) < 4.78 is 62.7. The van der Waals surface area contributed by atoms with E-state index in [1.807, 2.05) is 0 Å². The van der Waals surface area contributed by atoms with E-state index in [1.165, 1.54) is 18.5 Å². The largest absolute Gasteiger partial charge is 0.379 e. The van der Waals surface area contributed by atoms with Crippen LogP contribution in [0.5, 0.6) is 0 Å². The Balaban J connectivity index is 1.72. The fraction of sp³-hybridized carbons (Fsp3) is 0.222. The molecule has 3 aromatic rings. The van der Waals surface area contributed by atoms with Crippen LogP contribution in [0.25, 0.3) is 11.0 Å². The molecule has 4 rings (SSSR count). The smallest absolute Gasteiger partial charge is 0.301 e. The molecule has 0 bridgehead atoms. The van der Waals surface area contributed by atoms with Crippen molar-refractivity contribution >= 4 is 44.3 Å². The first-order chi connectivity index (χ1) is 14.3. The van der Waals surface area contributed by atoms with Gasteiger partial charge in [-0.3, -0.25) is 9.52 Å². The lowest BCUT2D eigenvalue weighted by Gasteiger charge is -2.26. The third kappa shape index (κ3) is 3.76. The minimum absolute atomic E-state index is 0.0500. The number of fused-ring (bicyclic) bond motifs is 1. The monoisotopic (exact) mass is 456 g/mol. The zero-order valence-electron chi connectivity index (χ0n) is 15.3. The molecule has 1 aliphatic rings. The highest BCUT2D eigenvalue weighted by molar-refractivity contribution is 7.90. The Kier molecular flexibility index (Phi) is 5.45. The predicted octanol–water partition coefficient (Wildman–Crippen LogP) is 2.71. The number of hydrogen-bond donors (Lipinski definition) is 2. The maximum Gasteiger partial charge on any atom is 0.301 e. The molecule has 2 aromatic heterocycles. The number of carbonyl (C=O) groups excluding carboxylic acids is 1. The second-order valence-corrected chi connectivity index (χ2v) is 8.59. The fourth-order valence-corrected chi connectivity index (χ4v) is 4.48. The summed E-state index contributed by atoms with van der Waals surface area (Å²) in [7, 11) is -4.11. The molecule has 12 heteroatoms. The third-order valence-corrected chi connectivity index (χ3v) is 6.34. The van der Waals surface area contributed by atoms with Crippen molar-refractivity contribution in [3.63, 3.8) is 0 Å². The van der Waals surface area contributed by atoms with E-state index in [-0.39, 0.29) is 42.3 Å². The van der Waals surface area contributed by atoms with Crippen LogP contribution < -0.4 is 4.72 Å². The number of ketones is 1. The van der Waals surface area contributed by atoms with E-state index >= 15 is 4.39 Å². The molecule has 2 N–H and O–H groups in total. The van der Waals surface area contributed by atoms with Gasteiger partial charge < -0.3 is 9.72 Å². The number of nitrogens with one attached hydrogen (secondary N) is 2. The van der Waals surface area contributed by atoms with Crippen molar-refractivity contribution in [2.24, 2.45) is 0 Å². The standard InChI is InChI=1S/C18H15ClF2N4O4S/c19-10-7-11-12(9-23-18(11)22-8-10)17(26)15-13(20)1-2-14(16(15)21)24-30(27,28)25-3-5-29-6-4-25/h1-2,7-9,24H,3-6H2,(H,22,23). The van der Waals surface area contributed by atoms with E-state index in [4.69, 9.17) is 16.3 Å². The number of rotatable bonds is 5. The van der Waals surface area contributed by atoms with Crippen LogP contribution in [0.2, 0.25) is 5.02 Å². The van der Waals surface area contributed by atoms with Crippen molar-refractivity contribution < 1.29 is 26.7 Å². The maximum atomic E-state index is 15.1. The molecule has 158 valence electrons. The lowest BCUT2D eigenvalue weighted by molar-refractivity contribution is 0.0733. The quantitative estimate of drug-likeness (QED) is 0.574. The minimum atomic E-state index is -4.11. The zero-order valence-corrected chi connectivity index (χ0v) is 16.9. The molecule has 3 heterocycles. The van der Waals surface area contributed by atoms with Gasteiger partial charge in [-0.15, -0.1) is 0 Å². The first-order valence-electron chi connectivity index (χ1n) is 8.79. The van der Waals surface area contributed by atoms with Gasteiger partial charge in [0.15, 0.2) is 5.82 Å². The van der Waals surface area contributed by atoms with Gasteiger partial charge in [0.2, 0.25) is 5.78 Å². The molecule has 1 saturated heterocycles. The molecule has 1 fully saturated rings. The number of H-pyrrole nitrogens is 1. The second kappa shape index (κ2) is 7.91. The van der Waals surface area contributed by atoms with E-state index in [0.29, 0.717) is 5.65 Å². The number of ether oxygens (including phenoxy) is 1. The molecule has 1 aromatic carbocycles. The van der Waals surface area contributed by atoms with E-state index in [0.717, 1.165) is 16.4 Å². The summed E-state index contributed by atoms with van der Waals surface area (Å²) in [4.78, 5) is 19.7. The van der Waals surface area contributed by atoms with Crippen molar-refractivity contribution in [3.05, 3.63) is 58.4 Å². The molecule has 0 aliphatic carbocycles. The minimum Gasteiger partial charge on any atom is -0.379 e. The summed E-state index contributed by atoms with van der Waals surface area (Å²) in [6.07, 6.45) is 2.62. The lowest BCUT2D eigenvalue weighted by Crippen LogP contribution is -2.43. The molecule has 8 nitrogen and oxygen atoms in total.